The van der Waals surface area contributed by atoms with E-state index in [1.54, 1.807) is 12.3 Å². The Hall–Kier alpha value is -2.24. The number of halogens is 3. The summed E-state index contributed by atoms with van der Waals surface area (Å²) in [5.41, 5.74) is -0.249. The van der Waals surface area contributed by atoms with Gasteiger partial charge in [-0.2, -0.15) is 13.2 Å². The van der Waals surface area contributed by atoms with Crippen LogP contribution in [0.3, 0.4) is 0 Å². The number of hydrogen-bond acceptors (Lipinski definition) is 2. The first-order valence-corrected chi connectivity index (χ1v) is 4.97. The Bertz CT molecular complexity index is 543. The first-order valence-electron chi connectivity index (χ1n) is 4.97. The molecule has 6 heteroatoms. The monoisotopic (exact) mass is 255 g/mol. The Morgan fingerprint density at radius 2 is 1.78 bits per heavy atom. The summed E-state index contributed by atoms with van der Waals surface area (Å²) in [6.07, 6.45) is -2.78. The van der Waals surface area contributed by atoms with Crippen molar-refractivity contribution in [1.29, 1.82) is 0 Å². The summed E-state index contributed by atoms with van der Waals surface area (Å²) in [5, 5.41) is 0. The fourth-order valence-corrected chi connectivity index (χ4v) is 1.53. The van der Waals surface area contributed by atoms with Crippen molar-refractivity contribution in [3.8, 4) is 11.6 Å². The van der Waals surface area contributed by atoms with Gasteiger partial charge in [-0.3, -0.25) is 9.36 Å². The van der Waals surface area contributed by atoms with E-state index in [1.165, 1.54) is 22.8 Å². The minimum atomic E-state index is -4.36. The van der Waals surface area contributed by atoms with Gasteiger partial charge in [0.25, 0.3) is 6.47 Å². The maximum atomic E-state index is 12.4. The largest absolute Gasteiger partial charge is 0.416 e. The Labute approximate surface area is 100 Å². The van der Waals surface area contributed by atoms with Crippen LogP contribution >= 0.6 is 0 Å². The zero-order chi connectivity index (χ0) is 13.2. The van der Waals surface area contributed by atoms with Gasteiger partial charge in [-0.05, 0) is 30.3 Å². The van der Waals surface area contributed by atoms with Crippen molar-refractivity contribution in [2.24, 2.45) is 0 Å². The molecule has 0 unspecified atom stereocenters. The summed E-state index contributed by atoms with van der Waals surface area (Å²) in [5.74, 6) is 0.241. The molecule has 0 N–H and O–H groups in total. The number of aromatic nitrogens is 1. The standard InChI is InChI=1S/C12H8F3NO2/c13-12(14,15)9-3-5-10(6-4-9)16-7-1-2-11(16)18-8-17/h1-8H. The van der Waals surface area contributed by atoms with Gasteiger partial charge in [0.1, 0.15) is 0 Å². The Balaban J connectivity index is 2.34. The van der Waals surface area contributed by atoms with Crippen LogP contribution in [0.2, 0.25) is 0 Å². The zero-order valence-electron chi connectivity index (χ0n) is 9.02. The summed E-state index contributed by atoms with van der Waals surface area (Å²) in [6, 6.07) is 7.71. The zero-order valence-corrected chi connectivity index (χ0v) is 9.02. The fraction of sp³-hybridized carbons (Fsp3) is 0.0833. The van der Waals surface area contributed by atoms with Crippen molar-refractivity contribution in [3.05, 3.63) is 48.2 Å². The second-order valence-electron chi connectivity index (χ2n) is 3.48. The SMILES string of the molecule is O=COc1cccn1-c1ccc(C(F)(F)F)cc1. The van der Waals surface area contributed by atoms with Gasteiger partial charge < -0.3 is 4.74 Å². The van der Waals surface area contributed by atoms with E-state index in [0.29, 0.717) is 5.69 Å². The van der Waals surface area contributed by atoms with Gasteiger partial charge in [-0.25, -0.2) is 0 Å². The van der Waals surface area contributed by atoms with Gasteiger partial charge >= 0.3 is 6.18 Å². The van der Waals surface area contributed by atoms with Gasteiger partial charge in [-0.1, -0.05) is 0 Å². The summed E-state index contributed by atoms with van der Waals surface area (Å²) < 4.78 is 43.3. The lowest BCUT2D eigenvalue weighted by Gasteiger charge is -2.09. The minimum Gasteiger partial charge on any atom is -0.411 e. The number of carbonyl (C=O) groups excluding carboxylic acids is 1. The molecule has 3 nitrogen and oxygen atoms in total. The molecule has 1 aromatic heterocycles. The highest BCUT2D eigenvalue weighted by atomic mass is 19.4. The summed E-state index contributed by atoms with van der Waals surface area (Å²) in [4.78, 5) is 10.3. The highest BCUT2D eigenvalue weighted by molar-refractivity contribution is 5.46. The molecular formula is C12H8F3NO2. The number of rotatable bonds is 3. The molecule has 0 atom stereocenters. The summed E-state index contributed by atoms with van der Waals surface area (Å²) in [6.45, 7) is 0.260. The average Bonchev–Trinajstić information content (AvgIpc) is 2.77. The molecule has 0 spiro atoms. The van der Waals surface area contributed by atoms with Gasteiger partial charge in [-0.15, -0.1) is 0 Å². The van der Waals surface area contributed by atoms with Crippen LogP contribution in [0.5, 0.6) is 5.88 Å². The highest BCUT2D eigenvalue weighted by Crippen LogP contribution is 2.30. The lowest BCUT2D eigenvalue weighted by atomic mass is 10.2. The van der Waals surface area contributed by atoms with Crippen LogP contribution in [0.25, 0.3) is 5.69 Å². The molecule has 0 radical (unpaired) electrons. The normalized spacial score (nSPS) is 11.3. The number of ether oxygens (including phenoxy) is 1. The molecule has 0 aliphatic carbocycles. The van der Waals surface area contributed by atoms with Gasteiger partial charge in [0.05, 0.1) is 5.56 Å². The van der Waals surface area contributed by atoms with E-state index >= 15 is 0 Å². The number of alkyl halides is 3. The average molecular weight is 255 g/mol. The van der Waals surface area contributed by atoms with Crippen LogP contribution in [0.15, 0.2) is 42.6 Å². The summed E-state index contributed by atoms with van der Waals surface area (Å²) in [7, 11) is 0. The van der Waals surface area contributed by atoms with E-state index in [9.17, 15) is 18.0 Å². The van der Waals surface area contributed by atoms with Crippen LogP contribution in [0.4, 0.5) is 13.2 Å². The Morgan fingerprint density at radius 3 is 2.33 bits per heavy atom. The molecule has 1 aromatic carbocycles. The lowest BCUT2D eigenvalue weighted by molar-refractivity contribution is -0.137. The Kier molecular flexibility index (Phi) is 3.10. The number of benzene rings is 1. The molecule has 0 aliphatic rings. The van der Waals surface area contributed by atoms with Crippen LogP contribution in [0, 0.1) is 0 Å². The predicted molar refractivity (Wildman–Crippen MR) is 57.5 cm³/mol. The van der Waals surface area contributed by atoms with Crippen molar-refractivity contribution in [2.45, 2.75) is 6.18 Å². The molecule has 94 valence electrons. The second kappa shape index (κ2) is 4.56. The van der Waals surface area contributed by atoms with Crippen molar-refractivity contribution < 1.29 is 22.7 Å². The molecule has 2 aromatic rings. The van der Waals surface area contributed by atoms with Crippen molar-refractivity contribution in [2.75, 3.05) is 0 Å². The van der Waals surface area contributed by atoms with Gasteiger partial charge in [0.15, 0.2) is 0 Å². The van der Waals surface area contributed by atoms with E-state index in [-0.39, 0.29) is 12.4 Å². The topological polar surface area (TPSA) is 31.2 Å². The second-order valence-corrected chi connectivity index (χ2v) is 3.48. The predicted octanol–water partition coefficient (Wildman–Crippen LogP) is 3.03. The first-order chi connectivity index (χ1) is 8.52. The van der Waals surface area contributed by atoms with Crippen molar-refractivity contribution in [3.63, 3.8) is 0 Å². The Morgan fingerprint density at radius 1 is 1.11 bits per heavy atom. The van der Waals surface area contributed by atoms with E-state index < -0.39 is 11.7 Å². The van der Waals surface area contributed by atoms with Crippen molar-refractivity contribution in [1.82, 2.24) is 4.57 Å². The first kappa shape index (κ1) is 12.2. The van der Waals surface area contributed by atoms with E-state index in [2.05, 4.69) is 4.74 Å². The minimum absolute atomic E-state index is 0.241. The molecule has 0 saturated carbocycles. The van der Waals surface area contributed by atoms with E-state index in [1.807, 2.05) is 0 Å². The quantitative estimate of drug-likeness (QED) is 0.789. The van der Waals surface area contributed by atoms with Crippen LogP contribution < -0.4 is 4.74 Å². The van der Waals surface area contributed by atoms with Crippen molar-refractivity contribution >= 4 is 6.47 Å². The van der Waals surface area contributed by atoms with Crippen LogP contribution in [0.1, 0.15) is 5.56 Å². The van der Waals surface area contributed by atoms with Crippen LogP contribution in [-0.2, 0) is 11.0 Å². The third-order valence-electron chi connectivity index (χ3n) is 2.35. The molecule has 0 amide bonds. The molecule has 0 fully saturated rings. The number of hydrogen-bond donors (Lipinski definition) is 0. The smallest absolute Gasteiger partial charge is 0.411 e. The molecule has 18 heavy (non-hydrogen) atoms. The molecule has 0 aliphatic heterocycles. The fourth-order valence-electron chi connectivity index (χ4n) is 1.53. The maximum Gasteiger partial charge on any atom is 0.416 e. The molecular weight excluding hydrogens is 247 g/mol. The lowest BCUT2D eigenvalue weighted by Crippen LogP contribution is -2.05. The molecule has 0 bridgehead atoms. The van der Waals surface area contributed by atoms with Gasteiger partial charge in [0.2, 0.25) is 5.88 Å². The summed E-state index contributed by atoms with van der Waals surface area (Å²) >= 11 is 0. The number of carbonyl (C=O) groups is 1. The maximum absolute atomic E-state index is 12.4. The molecule has 0 saturated heterocycles. The number of nitrogens with zero attached hydrogens (tertiary/aromatic N) is 1. The van der Waals surface area contributed by atoms with Gasteiger partial charge in [0, 0.05) is 18.0 Å². The molecule has 1 heterocycles. The van der Waals surface area contributed by atoms with E-state index in [4.69, 9.17) is 0 Å². The third kappa shape index (κ3) is 2.37. The van der Waals surface area contributed by atoms with E-state index in [0.717, 1.165) is 12.1 Å². The molecule has 2 rings (SSSR count). The third-order valence-corrected chi connectivity index (χ3v) is 2.35. The highest BCUT2D eigenvalue weighted by Gasteiger charge is 2.30. The van der Waals surface area contributed by atoms with Crippen LogP contribution in [-0.4, -0.2) is 11.0 Å².